The largest absolute Gasteiger partial charge is 0.453 e. The van der Waals surface area contributed by atoms with Crippen molar-refractivity contribution < 1.29 is 9.53 Å². The summed E-state index contributed by atoms with van der Waals surface area (Å²) in [6, 6.07) is 7.20. The van der Waals surface area contributed by atoms with Crippen LogP contribution in [0.5, 0.6) is 0 Å². The van der Waals surface area contributed by atoms with Crippen molar-refractivity contribution in [3.05, 3.63) is 30.1 Å². The molecule has 1 N–H and O–H groups in total. The summed E-state index contributed by atoms with van der Waals surface area (Å²) < 4.78 is 4.81. The van der Waals surface area contributed by atoms with E-state index in [9.17, 15) is 4.79 Å². The van der Waals surface area contributed by atoms with Crippen LogP contribution >= 0.6 is 0 Å². The first-order chi connectivity index (χ1) is 12.2. The highest BCUT2D eigenvalue weighted by molar-refractivity contribution is 5.67. The van der Waals surface area contributed by atoms with Gasteiger partial charge in [0.15, 0.2) is 0 Å². The second-order valence-corrected chi connectivity index (χ2v) is 7.33. The molecule has 3 rings (SSSR count). The molecule has 0 unspecified atom stereocenters. The van der Waals surface area contributed by atoms with E-state index in [4.69, 9.17) is 4.74 Å². The molecule has 3 heterocycles. The summed E-state index contributed by atoms with van der Waals surface area (Å²) in [4.78, 5) is 20.3. The maximum Gasteiger partial charge on any atom is 0.409 e. The van der Waals surface area contributed by atoms with E-state index in [-0.39, 0.29) is 6.09 Å². The van der Waals surface area contributed by atoms with Crippen molar-refractivity contribution in [2.45, 2.75) is 44.8 Å². The predicted octanol–water partition coefficient (Wildman–Crippen LogP) is 2.11. The van der Waals surface area contributed by atoms with Gasteiger partial charge in [0.1, 0.15) is 0 Å². The molecule has 138 valence electrons. The van der Waals surface area contributed by atoms with E-state index in [0.29, 0.717) is 18.0 Å². The zero-order valence-corrected chi connectivity index (χ0v) is 15.4. The summed E-state index contributed by atoms with van der Waals surface area (Å²) in [7, 11) is 1.45. The summed E-state index contributed by atoms with van der Waals surface area (Å²) in [5.41, 5.74) is 1.15. The lowest BCUT2D eigenvalue weighted by Crippen LogP contribution is -2.53. The Kier molecular flexibility index (Phi) is 6.26. The van der Waals surface area contributed by atoms with Crippen LogP contribution < -0.4 is 5.32 Å². The van der Waals surface area contributed by atoms with Gasteiger partial charge in [-0.25, -0.2) is 4.79 Å². The fourth-order valence-corrected chi connectivity index (χ4v) is 4.00. The number of rotatable bonds is 4. The molecule has 0 aliphatic carbocycles. The summed E-state index contributed by atoms with van der Waals surface area (Å²) in [5, 5.41) is 3.85. The van der Waals surface area contributed by atoms with E-state index in [2.05, 4.69) is 34.3 Å². The zero-order valence-electron chi connectivity index (χ0n) is 15.4. The third-order valence-electron chi connectivity index (χ3n) is 5.48. The van der Waals surface area contributed by atoms with Crippen LogP contribution in [0.1, 0.15) is 31.9 Å². The first kappa shape index (κ1) is 18.1. The Morgan fingerprint density at radius 3 is 2.72 bits per heavy atom. The Hall–Kier alpha value is -1.66. The van der Waals surface area contributed by atoms with Crippen molar-refractivity contribution in [2.24, 2.45) is 5.92 Å². The van der Waals surface area contributed by atoms with Gasteiger partial charge in [-0.15, -0.1) is 0 Å². The number of carbonyl (C=O) groups excluding carboxylic acids is 1. The average molecular weight is 346 g/mol. The van der Waals surface area contributed by atoms with Crippen LogP contribution in [0, 0.1) is 5.92 Å². The van der Waals surface area contributed by atoms with Crippen molar-refractivity contribution in [3.8, 4) is 0 Å². The molecule has 2 atom stereocenters. The van der Waals surface area contributed by atoms with Gasteiger partial charge in [0.2, 0.25) is 0 Å². The van der Waals surface area contributed by atoms with Crippen LogP contribution in [0.25, 0.3) is 0 Å². The van der Waals surface area contributed by atoms with E-state index in [1.165, 1.54) is 13.5 Å². The van der Waals surface area contributed by atoms with Gasteiger partial charge in [0.05, 0.1) is 12.8 Å². The van der Waals surface area contributed by atoms with Crippen LogP contribution in [-0.4, -0.2) is 66.2 Å². The normalized spacial score (nSPS) is 25.8. The fraction of sp³-hybridized carbons (Fsp3) is 0.684. The molecule has 0 bridgehead atoms. The highest BCUT2D eigenvalue weighted by Gasteiger charge is 2.30. The molecule has 0 aromatic carbocycles. The number of hydrogen-bond acceptors (Lipinski definition) is 5. The van der Waals surface area contributed by atoms with Gasteiger partial charge in [0, 0.05) is 51.0 Å². The molecule has 25 heavy (non-hydrogen) atoms. The van der Waals surface area contributed by atoms with E-state index in [0.717, 1.165) is 51.3 Å². The van der Waals surface area contributed by atoms with Gasteiger partial charge >= 0.3 is 6.09 Å². The third-order valence-corrected chi connectivity index (χ3v) is 5.48. The van der Waals surface area contributed by atoms with E-state index in [1.807, 2.05) is 12.3 Å². The topological polar surface area (TPSA) is 57.7 Å². The fourth-order valence-electron chi connectivity index (χ4n) is 4.00. The van der Waals surface area contributed by atoms with Crippen molar-refractivity contribution in [3.63, 3.8) is 0 Å². The molecule has 2 aliphatic heterocycles. The number of carbonyl (C=O) groups is 1. The van der Waals surface area contributed by atoms with Crippen LogP contribution in [0.2, 0.25) is 0 Å². The van der Waals surface area contributed by atoms with Gasteiger partial charge in [-0.1, -0.05) is 13.0 Å². The standard InChI is InChI=1S/C19H30N4O2/c1-15-13-22(14-17-5-3-4-9-20-17)10-8-18(15)21-16-6-11-23(12-7-16)19(24)25-2/h3-5,9,15-16,18,21H,6-8,10-14H2,1-2H3/t15-,18+/m0/s1. The van der Waals surface area contributed by atoms with Crippen molar-refractivity contribution in [1.82, 2.24) is 20.1 Å². The predicted molar refractivity (Wildman–Crippen MR) is 97.2 cm³/mol. The summed E-state index contributed by atoms with van der Waals surface area (Å²) in [6.07, 6.45) is 4.86. The lowest BCUT2D eigenvalue weighted by molar-refractivity contribution is 0.0986. The molecule has 6 heteroatoms. The molecule has 0 saturated carbocycles. The molecule has 1 amide bonds. The number of pyridine rings is 1. The second-order valence-electron chi connectivity index (χ2n) is 7.33. The Morgan fingerprint density at radius 1 is 1.28 bits per heavy atom. The Labute approximate surface area is 150 Å². The Balaban J connectivity index is 1.42. The average Bonchev–Trinajstić information content (AvgIpc) is 2.65. The number of nitrogens with one attached hydrogen (secondary N) is 1. The first-order valence-corrected chi connectivity index (χ1v) is 9.37. The summed E-state index contributed by atoms with van der Waals surface area (Å²) in [6.45, 7) is 7.07. The molecule has 0 spiro atoms. The van der Waals surface area contributed by atoms with Crippen molar-refractivity contribution in [1.29, 1.82) is 0 Å². The minimum absolute atomic E-state index is 0.199. The summed E-state index contributed by atoms with van der Waals surface area (Å²) >= 11 is 0. The highest BCUT2D eigenvalue weighted by Crippen LogP contribution is 2.21. The van der Waals surface area contributed by atoms with Crippen LogP contribution in [0.3, 0.4) is 0 Å². The summed E-state index contributed by atoms with van der Waals surface area (Å²) in [5.74, 6) is 0.621. The van der Waals surface area contributed by atoms with Gasteiger partial charge in [-0.2, -0.15) is 0 Å². The molecule has 1 aromatic rings. The van der Waals surface area contributed by atoms with Crippen LogP contribution in [-0.2, 0) is 11.3 Å². The minimum atomic E-state index is -0.199. The Bertz CT molecular complexity index is 546. The van der Waals surface area contributed by atoms with Crippen molar-refractivity contribution in [2.75, 3.05) is 33.3 Å². The number of piperidine rings is 2. The van der Waals surface area contributed by atoms with Crippen LogP contribution in [0.4, 0.5) is 4.79 Å². The molecule has 6 nitrogen and oxygen atoms in total. The number of nitrogens with zero attached hydrogens (tertiary/aromatic N) is 3. The smallest absolute Gasteiger partial charge is 0.409 e. The number of aromatic nitrogens is 1. The van der Waals surface area contributed by atoms with Gasteiger partial charge < -0.3 is 15.0 Å². The minimum Gasteiger partial charge on any atom is -0.453 e. The maximum atomic E-state index is 11.6. The molecule has 2 aliphatic rings. The van der Waals surface area contributed by atoms with E-state index < -0.39 is 0 Å². The molecular formula is C19H30N4O2. The zero-order chi connectivity index (χ0) is 17.6. The lowest BCUT2D eigenvalue weighted by Gasteiger charge is -2.40. The van der Waals surface area contributed by atoms with E-state index in [1.54, 1.807) is 4.90 Å². The number of amides is 1. The quantitative estimate of drug-likeness (QED) is 0.905. The second kappa shape index (κ2) is 8.63. The van der Waals surface area contributed by atoms with Crippen LogP contribution in [0.15, 0.2) is 24.4 Å². The lowest BCUT2D eigenvalue weighted by atomic mass is 9.91. The third kappa shape index (κ3) is 4.92. The number of likely N-dealkylation sites (tertiary alicyclic amines) is 2. The number of methoxy groups -OCH3 is 1. The van der Waals surface area contributed by atoms with E-state index >= 15 is 0 Å². The molecular weight excluding hydrogens is 316 g/mol. The van der Waals surface area contributed by atoms with Crippen molar-refractivity contribution >= 4 is 6.09 Å². The molecule has 0 radical (unpaired) electrons. The molecule has 2 fully saturated rings. The maximum absolute atomic E-state index is 11.6. The highest BCUT2D eigenvalue weighted by atomic mass is 16.5. The van der Waals surface area contributed by atoms with Gasteiger partial charge in [0.25, 0.3) is 0 Å². The number of ether oxygens (including phenoxy) is 1. The van der Waals surface area contributed by atoms with Gasteiger partial charge in [-0.3, -0.25) is 9.88 Å². The van der Waals surface area contributed by atoms with Gasteiger partial charge in [-0.05, 0) is 37.3 Å². The number of hydrogen-bond donors (Lipinski definition) is 1. The Morgan fingerprint density at radius 2 is 2.08 bits per heavy atom. The molecule has 1 aromatic heterocycles. The molecule has 2 saturated heterocycles. The monoisotopic (exact) mass is 346 g/mol. The first-order valence-electron chi connectivity index (χ1n) is 9.37. The SMILES string of the molecule is COC(=O)N1CCC(N[C@@H]2CCN(Cc3ccccn3)C[C@@H]2C)CC1.